The number of rotatable bonds is 5. The van der Waals surface area contributed by atoms with E-state index >= 15 is 0 Å². The van der Waals surface area contributed by atoms with Crippen LogP contribution < -0.4 is 4.74 Å². The molecule has 1 atom stereocenters. The molecule has 1 aliphatic rings. The van der Waals surface area contributed by atoms with E-state index in [-0.39, 0.29) is 11.5 Å². The van der Waals surface area contributed by atoms with E-state index in [4.69, 9.17) is 4.74 Å². The lowest BCUT2D eigenvalue weighted by Gasteiger charge is -2.33. The van der Waals surface area contributed by atoms with E-state index in [0.29, 0.717) is 6.42 Å². The van der Waals surface area contributed by atoms with Crippen LogP contribution in [0.15, 0.2) is 24.3 Å². The summed E-state index contributed by atoms with van der Waals surface area (Å²) in [7, 11) is 1.69. The molecular formula is C16H24O2. The smallest absolute Gasteiger partial charge is 0.122 e. The van der Waals surface area contributed by atoms with Crippen molar-refractivity contribution in [3.05, 3.63) is 29.8 Å². The van der Waals surface area contributed by atoms with Gasteiger partial charge >= 0.3 is 0 Å². The number of methoxy groups -OCH3 is 1. The van der Waals surface area contributed by atoms with E-state index in [2.05, 4.69) is 13.0 Å². The molecule has 1 aromatic carbocycles. The fraction of sp³-hybridized carbons (Fsp3) is 0.625. The highest BCUT2D eigenvalue weighted by atomic mass is 16.5. The maximum absolute atomic E-state index is 10.6. The van der Waals surface area contributed by atoms with Crippen LogP contribution in [0.2, 0.25) is 0 Å². The number of benzene rings is 1. The van der Waals surface area contributed by atoms with Gasteiger partial charge in [0.2, 0.25) is 0 Å². The Morgan fingerprint density at radius 1 is 1.28 bits per heavy atom. The number of ether oxygens (including phenoxy) is 1. The van der Waals surface area contributed by atoms with E-state index < -0.39 is 0 Å². The average molecular weight is 248 g/mol. The van der Waals surface area contributed by atoms with Gasteiger partial charge in [-0.05, 0) is 36.3 Å². The molecule has 0 aliphatic heterocycles. The molecule has 2 rings (SSSR count). The van der Waals surface area contributed by atoms with Crippen LogP contribution in [0.1, 0.15) is 44.6 Å². The topological polar surface area (TPSA) is 29.5 Å². The van der Waals surface area contributed by atoms with Crippen molar-refractivity contribution in [2.45, 2.75) is 51.6 Å². The first-order valence-electron chi connectivity index (χ1n) is 7.02. The van der Waals surface area contributed by atoms with Gasteiger partial charge in [-0.1, -0.05) is 38.0 Å². The standard InChI is InChI=1S/C16H24O2/c1-3-16(10-6-7-11-16)15(17)12-13-8-4-5-9-14(13)18-2/h4-5,8-9,15,17H,3,6-7,10-12H2,1-2H3. The molecule has 0 aromatic heterocycles. The fourth-order valence-electron chi connectivity index (χ4n) is 3.30. The van der Waals surface area contributed by atoms with Crippen molar-refractivity contribution < 1.29 is 9.84 Å². The summed E-state index contributed by atoms with van der Waals surface area (Å²) in [5, 5.41) is 10.6. The van der Waals surface area contributed by atoms with Crippen LogP contribution in [0.5, 0.6) is 5.75 Å². The van der Waals surface area contributed by atoms with Crippen LogP contribution in [0.25, 0.3) is 0 Å². The molecule has 0 radical (unpaired) electrons. The maximum Gasteiger partial charge on any atom is 0.122 e. The first-order chi connectivity index (χ1) is 8.72. The molecule has 1 aliphatic carbocycles. The number of hydrogen-bond acceptors (Lipinski definition) is 2. The lowest BCUT2D eigenvalue weighted by atomic mass is 9.75. The van der Waals surface area contributed by atoms with E-state index in [9.17, 15) is 5.11 Å². The molecule has 1 fully saturated rings. The zero-order valence-electron chi connectivity index (χ0n) is 11.5. The van der Waals surface area contributed by atoms with Crippen LogP contribution in [-0.4, -0.2) is 18.3 Å². The van der Waals surface area contributed by atoms with Crippen molar-refractivity contribution in [3.8, 4) is 5.75 Å². The van der Waals surface area contributed by atoms with Crippen LogP contribution in [0.4, 0.5) is 0 Å². The molecule has 0 saturated heterocycles. The van der Waals surface area contributed by atoms with Crippen molar-refractivity contribution in [1.82, 2.24) is 0 Å². The maximum atomic E-state index is 10.6. The van der Waals surface area contributed by atoms with Crippen molar-refractivity contribution in [2.75, 3.05) is 7.11 Å². The highest BCUT2D eigenvalue weighted by molar-refractivity contribution is 5.33. The summed E-state index contributed by atoms with van der Waals surface area (Å²) in [5.41, 5.74) is 1.26. The monoisotopic (exact) mass is 248 g/mol. The second-order valence-corrected chi connectivity index (χ2v) is 5.45. The van der Waals surface area contributed by atoms with Gasteiger partial charge in [0.15, 0.2) is 0 Å². The molecular weight excluding hydrogens is 224 g/mol. The summed E-state index contributed by atoms with van der Waals surface area (Å²) in [5.74, 6) is 0.890. The summed E-state index contributed by atoms with van der Waals surface area (Å²) in [4.78, 5) is 0. The van der Waals surface area contributed by atoms with E-state index in [1.165, 1.54) is 25.7 Å². The third-order valence-electron chi connectivity index (χ3n) is 4.62. The lowest BCUT2D eigenvalue weighted by molar-refractivity contribution is 0.0253. The molecule has 0 heterocycles. The molecule has 0 spiro atoms. The molecule has 2 heteroatoms. The SMILES string of the molecule is CCC1(C(O)Cc2ccccc2OC)CCCC1. The Morgan fingerprint density at radius 2 is 1.94 bits per heavy atom. The Kier molecular flexibility index (Phi) is 4.28. The van der Waals surface area contributed by atoms with Crippen LogP contribution >= 0.6 is 0 Å². The van der Waals surface area contributed by atoms with Crippen LogP contribution in [-0.2, 0) is 6.42 Å². The van der Waals surface area contributed by atoms with Gasteiger partial charge < -0.3 is 9.84 Å². The van der Waals surface area contributed by atoms with Gasteiger partial charge in [-0.3, -0.25) is 0 Å². The van der Waals surface area contributed by atoms with E-state index in [1.54, 1.807) is 7.11 Å². The number of aliphatic hydroxyl groups excluding tert-OH is 1. The molecule has 2 nitrogen and oxygen atoms in total. The van der Waals surface area contributed by atoms with Crippen molar-refractivity contribution in [1.29, 1.82) is 0 Å². The van der Waals surface area contributed by atoms with E-state index in [1.807, 2.05) is 18.2 Å². The molecule has 0 amide bonds. The summed E-state index contributed by atoms with van der Waals surface area (Å²) in [6.45, 7) is 2.21. The first-order valence-corrected chi connectivity index (χ1v) is 7.02. The van der Waals surface area contributed by atoms with Crippen molar-refractivity contribution in [3.63, 3.8) is 0 Å². The molecule has 1 saturated carbocycles. The molecule has 18 heavy (non-hydrogen) atoms. The largest absolute Gasteiger partial charge is 0.496 e. The molecule has 1 N–H and O–H groups in total. The zero-order valence-corrected chi connectivity index (χ0v) is 11.5. The van der Waals surface area contributed by atoms with Gasteiger partial charge in [-0.25, -0.2) is 0 Å². The zero-order chi connectivity index (χ0) is 13.0. The fourth-order valence-corrected chi connectivity index (χ4v) is 3.30. The number of aliphatic hydroxyl groups is 1. The summed E-state index contributed by atoms with van der Waals surface area (Å²) in [6, 6.07) is 8.01. The Labute approximate surface area is 110 Å². The molecule has 100 valence electrons. The minimum absolute atomic E-state index is 0.140. The van der Waals surface area contributed by atoms with Crippen molar-refractivity contribution in [2.24, 2.45) is 5.41 Å². The first kappa shape index (κ1) is 13.4. The Hall–Kier alpha value is -1.02. The van der Waals surface area contributed by atoms with Crippen molar-refractivity contribution >= 4 is 0 Å². The highest BCUT2D eigenvalue weighted by Crippen LogP contribution is 2.45. The predicted molar refractivity (Wildman–Crippen MR) is 73.9 cm³/mol. The van der Waals surface area contributed by atoms with Gasteiger partial charge in [0, 0.05) is 6.42 Å². The second kappa shape index (κ2) is 5.75. The quantitative estimate of drug-likeness (QED) is 0.863. The normalized spacial score (nSPS) is 19.7. The van der Waals surface area contributed by atoms with Gasteiger partial charge in [0.25, 0.3) is 0 Å². The third-order valence-corrected chi connectivity index (χ3v) is 4.62. The van der Waals surface area contributed by atoms with Gasteiger partial charge in [0.1, 0.15) is 5.75 Å². The molecule has 1 aromatic rings. The lowest BCUT2D eigenvalue weighted by Crippen LogP contribution is -2.33. The molecule has 1 unspecified atom stereocenters. The van der Waals surface area contributed by atoms with Gasteiger partial charge in [-0.15, -0.1) is 0 Å². The van der Waals surface area contributed by atoms with Gasteiger partial charge in [0.05, 0.1) is 13.2 Å². The highest BCUT2D eigenvalue weighted by Gasteiger charge is 2.38. The minimum atomic E-state index is -0.249. The number of hydrogen-bond donors (Lipinski definition) is 1. The second-order valence-electron chi connectivity index (χ2n) is 5.45. The van der Waals surface area contributed by atoms with Crippen LogP contribution in [0.3, 0.4) is 0 Å². The Bertz CT molecular complexity index is 380. The molecule has 0 bridgehead atoms. The summed E-state index contributed by atoms with van der Waals surface area (Å²) in [6.07, 6.45) is 6.38. The van der Waals surface area contributed by atoms with E-state index in [0.717, 1.165) is 17.7 Å². The van der Waals surface area contributed by atoms with Gasteiger partial charge in [-0.2, -0.15) is 0 Å². The Morgan fingerprint density at radius 3 is 2.56 bits per heavy atom. The third kappa shape index (κ3) is 2.54. The minimum Gasteiger partial charge on any atom is -0.496 e. The predicted octanol–water partition coefficient (Wildman–Crippen LogP) is 3.57. The van der Waals surface area contributed by atoms with Crippen LogP contribution in [0, 0.1) is 5.41 Å². The average Bonchev–Trinajstić information content (AvgIpc) is 2.89. The summed E-state index contributed by atoms with van der Waals surface area (Å²) >= 11 is 0. The number of para-hydroxylation sites is 1. The summed E-state index contributed by atoms with van der Waals surface area (Å²) < 4.78 is 5.36. The Balaban J connectivity index is 2.12.